The predicted octanol–water partition coefficient (Wildman–Crippen LogP) is 3.90. The molecule has 0 saturated heterocycles. The lowest BCUT2D eigenvalue weighted by atomic mass is 10.3. The van der Waals surface area contributed by atoms with E-state index in [1.165, 1.54) is 0 Å². The summed E-state index contributed by atoms with van der Waals surface area (Å²) in [6.45, 7) is -4.23. The van der Waals surface area contributed by atoms with Crippen LogP contribution in [0.3, 0.4) is 0 Å². The van der Waals surface area contributed by atoms with Gasteiger partial charge in [0.05, 0.1) is 10.0 Å². The summed E-state index contributed by atoms with van der Waals surface area (Å²) in [5.41, 5.74) is 0. The molecule has 0 aliphatic carbocycles. The third kappa shape index (κ3) is 3.35. The Morgan fingerprint density at radius 1 is 1.13 bits per heavy atom. The van der Waals surface area contributed by atoms with Crippen molar-refractivity contribution >= 4 is 23.2 Å². The number of hydrogen-bond acceptors (Lipinski definition) is 2. The minimum absolute atomic E-state index is 0.0125. The van der Waals surface area contributed by atoms with Gasteiger partial charge in [0.15, 0.2) is 11.5 Å². The second kappa shape index (κ2) is 5.32. The molecule has 0 fully saturated rings. The van der Waals surface area contributed by atoms with Gasteiger partial charge < -0.3 is 9.47 Å². The molecule has 0 amide bonds. The normalized spacial score (nSPS) is 10.5. The molecule has 0 heterocycles. The first kappa shape index (κ1) is 12.3. The molecule has 0 radical (unpaired) electrons. The third-order valence-corrected chi connectivity index (χ3v) is 2.13. The topological polar surface area (TPSA) is 18.5 Å². The lowest BCUT2D eigenvalue weighted by Gasteiger charge is -2.11. The maximum atomic E-state index is 11.9. The van der Waals surface area contributed by atoms with Gasteiger partial charge in [0, 0.05) is 12.1 Å². The molecule has 0 aromatic heterocycles. The van der Waals surface area contributed by atoms with Crippen molar-refractivity contribution in [1.82, 2.24) is 0 Å². The first-order valence-corrected chi connectivity index (χ1v) is 4.42. The van der Waals surface area contributed by atoms with E-state index < -0.39 is 13.5 Å². The molecule has 0 aliphatic heterocycles. The standard InChI is InChI=1S/C8H5Cl2F3O2/c9-4-1-6(14-3-11)7(2-5(4)10)15-8(12)13/h1-2,8H,3H2. The average Bonchev–Trinajstić information content (AvgIpc) is 2.13. The second-order valence-electron chi connectivity index (χ2n) is 2.35. The highest BCUT2D eigenvalue weighted by Gasteiger charge is 2.14. The highest BCUT2D eigenvalue weighted by Crippen LogP contribution is 2.36. The van der Waals surface area contributed by atoms with Gasteiger partial charge in [-0.2, -0.15) is 8.78 Å². The lowest BCUT2D eigenvalue weighted by molar-refractivity contribution is -0.0519. The number of hydrogen-bond donors (Lipinski definition) is 0. The molecule has 1 aromatic rings. The Balaban J connectivity index is 3.04. The van der Waals surface area contributed by atoms with Crippen LogP contribution in [0.1, 0.15) is 0 Å². The van der Waals surface area contributed by atoms with E-state index >= 15 is 0 Å². The molecular weight excluding hydrogens is 256 g/mol. The summed E-state index contributed by atoms with van der Waals surface area (Å²) in [5.74, 6) is -0.593. The average molecular weight is 261 g/mol. The fraction of sp³-hybridized carbons (Fsp3) is 0.250. The van der Waals surface area contributed by atoms with Crippen molar-refractivity contribution in [2.24, 2.45) is 0 Å². The van der Waals surface area contributed by atoms with Gasteiger partial charge in [-0.25, -0.2) is 4.39 Å². The Bertz CT molecular complexity index is 347. The van der Waals surface area contributed by atoms with Crippen LogP contribution in [-0.2, 0) is 0 Å². The van der Waals surface area contributed by atoms with Crippen molar-refractivity contribution in [1.29, 1.82) is 0 Å². The zero-order valence-corrected chi connectivity index (χ0v) is 8.66. The molecule has 15 heavy (non-hydrogen) atoms. The van der Waals surface area contributed by atoms with Gasteiger partial charge in [0.25, 0.3) is 0 Å². The van der Waals surface area contributed by atoms with Gasteiger partial charge >= 0.3 is 6.61 Å². The number of benzene rings is 1. The molecule has 7 heteroatoms. The van der Waals surface area contributed by atoms with Gasteiger partial charge in [0.2, 0.25) is 6.86 Å². The molecule has 0 aliphatic rings. The molecule has 0 N–H and O–H groups in total. The number of ether oxygens (including phenoxy) is 2. The summed E-state index contributed by atoms with van der Waals surface area (Å²) in [4.78, 5) is 0. The van der Waals surface area contributed by atoms with E-state index in [1.807, 2.05) is 0 Å². The van der Waals surface area contributed by atoms with Crippen LogP contribution in [0.15, 0.2) is 12.1 Å². The van der Waals surface area contributed by atoms with E-state index in [2.05, 4.69) is 9.47 Å². The molecule has 2 nitrogen and oxygen atoms in total. The van der Waals surface area contributed by atoms with Gasteiger partial charge in [-0.05, 0) is 0 Å². The molecule has 0 bridgehead atoms. The Kier molecular flexibility index (Phi) is 4.35. The van der Waals surface area contributed by atoms with E-state index in [0.717, 1.165) is 12.1 Å². The summed E-state index contributed by atoms with van der Waals surface area (Å²) in [6.07, 6.45) is 0. The van der Waals surface area contributed by atoms with E-state index in [4.69, 9.17) is 23.2 Å². The summed E-state index contributed by atoms with van der Waals surface area (Å²) >= 11 is 11.1. The molecule has 1 rings (SSSR count). The second-order valence-corrected chi connectivity index (χ2v) is 3.16. The van der Waals surface area contributed by atoms with Crippen LogP contribution in [0.2, 0.25) is 10.0 Å². The number of alkyl halides is 3. The number of halogens is 5. The van der Waals surface area contributed by atoms with Gasteiger partial charge in [-0.1, -0.05) is 23.2 Å². The Labute approximate surface area is 93.5 Å². The smallest absolute Gasteiger partial charge is 0.387 e. The quantitative estimate of drug-likeness (QED) is 0.818. The van der Waals surface area contributed by atoms with Crippen LogP contribution in [-0.4, -0.2) is 13.5 Å². The lowest BCUT2D eigenvalue weighted by Crippen LogP contribution is -2.04. The van der Waals surface area contributed by atoms with Crippen LogP contribution in [0.25, 0.3) is 0 Å². The zero-order valence-electron chi connectivity index (χ0n) is 7.15. The van der Waals surface area contributed by atoms with E-state index in [1.54, 1.807) is 0 Å². The number of rotatable bonds is 4. The summed E-state index contributed by atoms with van der Waals surface area (Å²) in [7, 11) is 0. The third-order valence-electron chi connectivity index (χ3n) is 1.41. The van der Waals surface area contributed by atoms with Crippen molar-refractivity contribution in [3.05, 3.63) is 22.2 Å². The SMILES string of the molecule is FCOc1cc(Cl)c(Cl)cc1OC(F)F. The maximum Gasteiger partial charge on any atom is 0.387 e. The molecule has 84 valence electrons. The minimum Gasteiger partial charge on any atom is -0.459 e. The molecule has 1 aromatic carbocycles. The van der Waals surface area contributed by atoms with Crippen molar-refractivity contribution < 1.29 is 22.6 Å². The van der Waals surface area contributed by atoms with Crippen LogP contribution < -0.4 is 9.47 Å². The fourth-order valence-corrected chi connectivity index (χ4v) is 1.18. The van der Waals surface area contributed by atoms with Crippen LogP contribution >= 0.6 is 23.2 Å². The predicted molar refractivity (Wildman–Crippen MR) is 49.7 cm³/mol. The first-order valence-electron chi connectivity index (χ1n) is 3.67. The highest BCUT2D eigenvalue weighted by atomic mass is 35.5. The van der Waals surface area contributed by atoms with Crippen LogP contribution in [0.4, 0.5) is 13.2 Å². The Morgan fingerprint density at radius 3 is 2.13 bits per heavy atom. The molecule has 0 saturated carbocycles. The van der Waals surface area contributed by atoms with Crippen molar-refractivity contribution in [3.8, 4) is 11.5 Å². The largest absolute Gasteiger partial charge is 0.459 e. The maximum absolute atomic E-state index is 11.9. The van der Waals surface area contributed by atoms with E-state index in [0.29, 0.717) is 0 Å². The first-order chi connectivity index (χ1) is 7.04. The molecule has 0 atom stereocenters. The summed E-state index contributed by atoms with van der Waals surface area (Å²) < 4.78 is 44.2. The minimum atomic E-state index is -3.05. The van der Waals surface area contributed by atoms with Gasteiger partial charge in [-0.15, -0.1) is 0 Å². The summed E-state index contributed by atoms with van der Waals surface area (Å²) in [6, 6.07) is 2.13. The van der Waals surface area contributed by atoms with Gasteiger partial charge in [-0.3, -0.25) is 0 Å². The molecule has 0 spiro atoms. The van der Waals surface area contributed by atoms with E-state index in [9.17, 15) is 13.2 Å². The van der Waals surface area contributed by atoms with Gasteiger partial charge in [0.1, 0.15) is 0 Å². The van der Waals surface area contributed by atoms with Crippen molar-refractivity contribution in [2.45, 2.75) is 6.61 Å². The Morgan fingerprint density at radius 2 is 1.67 bits per heavy atom. The molecular formula is C8H5Cl2F3O2. The molecule has 0 unspecified atom stereocenters. The van der Waals surface area contributed by atoms with Crippen molar-refractivity contribution in [2.75, 3.05) is 6.86 Å². The highest BCUT2D eigenvalue weighted by molar-refractivity contribution is 6.42. The zero-order chi connectivity index (χ0) is 11.4. The fourth-order valence-electron chi connectivity index (χ4n) is 0.870. The Hall–Kier alpha value is -0.810. The summed E-state index contributed by atoms with van der Waals surface area (Å²) in [5, 5.41) is 0.0697. The van der Waals surface area contributed by atoms with Crippen LogP contribution in [0.5, 0.6) is 11.5 Å². The monoisotopic (exact) mass is 260 g/mol. The van der Waals surface area contributed by atoms with Crippen molar-refractivity contribution in [3.63, 3.8) is 0 Å². The van der Waals surface area contributed by atoms with Crippen LogP contribution in [0, 0.1) is 0 Å². The van der Waals surface area contributed by atoms with E-state index in [-0.39, 0.29) is 21.5 Å².